The van der Waals surface area contributed by atoms with Crippen LogP contribution in [0.15, 0.2) is 29.4 Å². The summed E-state index contributed by atoms with van der Waals surface area (Å²) in [6.07, 6.45) is 5.59. The summed E-state index contributed by atoms with van der Waals surface area (Å²) < 4.78 is 2.36. The fourth-order valence-corrected chi connectivity index (χ4v) is 2.85. The summed E-state index contributed by atoms with van der Waals surface area (Å²) in [6, 6.07) is 1.75. The number of likely N-dealkylation sites (tertiary alicyclic amines) is 1. The van der Waals surface area contributed by atoms with Crippen LogP contribution in [0.4, 0.5) is 0 Å². The predicted molar refractivity (Wildman–Crippen MR) is 78.0 cm³/mol. The van der Waals surface area contributed by atoms with Crippen LogP contribution in [0.3, 0.4) is 0 Å². The molecule has 1 aliphatic heterocycles. The van der Waals surface area contributed by atoms with Crippen LogP contribution in [0, 0.1) is 0 Å². The van der Waals surface area contributed by atoms with Crippen LogP contribution in [0.5, 0.6) is 0 Å². The number of aliphatic hydroxyl groups excluding tert-OH is 1. The zero-order chi connectivity index (χ0) is 14.8. The number of carbonyl (C=O) groups is 1. The lowest BCUT2D eigenvalue weighted by Crippen LogP contribution is -2.40. The second-order valence-electron chi connectivity index (χ2n) is 4.92. The van der Waals surface area contributed by atoms with E-state index in [1.807, 2.05) is 0 Å². The summed E-state index contributed by atoms with van der Waals surface area (Å²) in [6.45, 7) is 1.15. The third kappa shape index (κ3) is 2.96. The Balaban J connectivity index is 1.80. The van der Waals surface area contributed by atoms with Crippen LogP contribution >= 0.6 is 15.9 Å². The molecule has 1 fully saturated rings. The van der Waals surface area contributed by atoms with Gasteiger partial charge in [0.2, 0.25) is 0 Å². The molecule has 0 saturated carbocycles. The predicted octanol–water partition coefficient (Wildman–Crippen LogP) is 1.02. The van der Waals surface area contributed by atoms with E-state index >= 15 is 0 Å². The van der Waals surface area contributed by atoms with E-state index in [1.54, 1.807) is 34.4 Å². The number of rotatable bonds is 2. The molecule has 21 heavy (non-hydrogen) atoms. The van der Waals surface area contributed by atoms with Gasteiger partial charge >= 0.3 is 0 Å². The highest BCUT2D eigenvalue weighted by atomic mass is 79.9. The van der Waals surface area contributed by atoms with Crippen molar-refractivity contribution in [1.29, 1.82) is 0 Å². The minimum absolute atomic E-state index is 0.0644. The van der Waals surface area contributed by atoms with E-state index in [0.29, 0.717) is 41.8 Å². The van der Waals surface area contributed by atoms with Gasteiger partial charge in [-0.25, -0.2) is 4.98 Å². The first kappa shape index (κ1) is 14.2. The molecule has 0 unspecified atom stereocenters. The lowest BCUT2D eigenvalue weighted by atomic mass is 10.1. The molecule has 2 aromatic heterocycles. The summed E-state index contributed by atoms with van der Waals surface area (Å²) in [4.78, 5) is 18.4. The van der Waals surface area contributed by atoms with Crippen LogP contribution in [0.1, 0.15) is 23.2 Å². The van der Waals surface area contributed by atoms with Crippen LogP contribution in [0.2, 0.25) is 0 Å². The van der Waals surface area contributed by atoms with E-state index in [0.717, 1.165) is 0 Å². The van der Waals surface area contributed by atoms with Crippen LogP contribution in [-0.4, -0.2) is 54.9 Å². The van der Waals surface area contributed by atoms with E-state index in [4.69, 9.17) is 0 Å². The maximum Gasteiger partial charge on any atom is 0.255 e. The number of aliphatic hydroxyl groups is 1. The lowest BCUT2D eigenvalue weighted by molar-refractivity contribution is 0.0546. The van der Waals surface area contributed by atoms with Gasteiger partial charge in [0, 0.05) is 19.3 Å². The van der Waals surface area contributed by atoms with Crippen molar-refractivity contribution in [1.82, 2.24) is 24.6 Å². The summed E-state index contributed by atoms with van der Waals surface area (Å²) in [7, 11) is 0. The SMILES string of the molecule is O=C(c1cnc(-n2cnnc2)c(Br)c1)N1CCC(O)CC1. The summed E-state index contributed by atoms with van der Waals surface area (Å²) in [5, 5.41) is 17.0. The number of pyridine rings is 1. The fraction of sp³-hybridized carbons (Fsp3) is 0.385. The van der Waals surface area contributed by atoms with Crippen molar-refractivity contribution in [2.45, 2.75) is 18.9 Å². The second kappa shape index (κ2) is 5.90. The van der Waals surface area contributed by atoms with Gasteiger partial charge in [0.25, 0.3) is 5.91 Å². The quantitative estimate of drug-likeness (QED) is 0.873. The van der Waals surface area contributed by atoms with Gasteiger partial charge in [0.1, 0.15) is 12.7 Å². The molecular formula is C13H14BrN5O2. The number of piperidine rings is 1. The van der Waals surface area contributed by atoms with E-state index in [9.17, 15) is 9.90 Å². The Labute approximate surface area is 129 Å². The average Bonchev–Trinajstić information content (AvgIpc) is 3.01. The first-order valence-corrected chi connectivity index (χ1v) is 7.42. The smallest absolute Gasteiger partial charge is 0.255 e. The van der Waals surface area contributed by atoms with Gasteiger partial charge in [0.15, 0.2) is 5.82 Å². The second-order valence-corrected chi connectivity index (χ2v) is 5.78. The Morgan fingerprint density at radius 2 is 1.95 bits per heavy atom. The molecule has 1 N–H and O–H groups in total. The van der Waals surface area contributed by atoms with Crippen molar-refractivity contribution >= 4 is 21.8 Å². The molecule has 1 saturated heterocycles. The minimum Gasteiger partial charge on any atom is -0.393 e. The summed E-state index contributed by atoms with van der Waals surface area (Å²) in [5.41, 5.74) is 0.523. The Morgan fingerprint density at radius 3 is 2.57 bits per heavy atom. The van der Waals surface area contributed by atoms with Gasteiger partial charge in [-0.1, -0.05) is 0 Å². The standard InChI is InChI=1S/C13H14BrN5O2/c14-11-5-9(6-15-12(11)19-7-16-17-8-19)13(21)18-3-1-10(20)2-4-18/h5-8,10,20H,1-4H2. The number of amides is 1. The summed E-state index contributed by atoms with van der Waals surface area (Å²) in [5.74, 6) is 0.566. The minimum atomic E-state index is -0.296. The summed E-state index contributed by atoms with van der Waals surface area (Å²) >= 11 is 3.42. The number of halogens is 1. The maximum atomic E-state index is 12.4. The highest BCUT2D eigenvalue weighted by Crippen LogP contribution is 2.21. The van der Waals surface area contributed by atoms with Crippen molar-refractivity contribution in [2.75, 3.05) is 13.1 Å². The van der Waals surface area contributed by atoms with Gasteiger partial charge in [0.05, 0.1) is 16.1 Å². The highest BCUT2D eigenvalue weighted by molar-refractivity contribution is 9.10. The molecule has 0 radical (unpaired) electrons. The first-order chi connectivity index (χ1) is 10.1. The Morgan fingerprint density at radius 1 is 1.29 bits per heavy atom. The van der Waals surface area contributed by atoms with Crippen molar-refractivity contribution in [3.63, 3.8) is 0 Å². The molecule has 3 rings (SSSR count). The zero-order valence-electron chi connectivity index (χ0n) is 11.2. The zero-order valence-corrected chi connectivity index (χ0v) is 12.8. The largest absolute Gasteiger partial charge is 0.393 e. The highest BCUT2D eigenvalue weighted by Gasteiger charge is 2.23. The molecule has 8 heteroatoms. The normalized spacial score (nSPS) is 16.2. The molecule has 3 heterocycles. The van der Waals surface area contributed by atoms with Crippen LogP contribution < -0.4 is 0 Å². The number of hydrogen-bond donors (Lipinski definition) is 1. The topological polar surface area (TPSA) is 84.1 Å². The van der Waals surface area contributed by atoms with Gasteiger partial charge in [-0.05, 0) is 34.8 Å². The van der Waals surface area contributed by atoms with Crippen molar-refractivity contribution < 1.29 is 9.90 Å². The molecule has 2 aromatic rings. The molecule has 110 valence electrons. The Hall–Kier alpha value is -1.80. The van der Waals surface area contributed by atoms with E-state index in [1.165, 1.54) is 0 Å². The number of aromatic nitrogens is 4. The molecule has 0 aromatic carbocycles. The van der Waals surface area contributed by atoms with Crippen molar-refractivity contribution in [3.8, 4) is 5.82 Å². The average molecular weight is 352 g/mol. The molecular weight excluding hydrogens is 338 g/mol. The Kier molecular flexibility index (Phi) is 3.98. The Bertz CT molecular complexity index is 638. The van der Waals surface area contributed by atoms with Crippen LogP contribution in [-0.2, 0) is 0 Å². The maximum absolute atomic E-state index is 12.4. The number of carbonyl (C=O) groups excluding carboxylic acids is 1. The molecule has 0 atom stereocenters. The van der Waals surface area contributed by atoms with Crippen molar-refractivity contribution in [2.24, 2.45) is 0 Å². The first-order valence-electron chi connectivity index (χ1n) is 6.63. The van der Waals surface area contributed by atoms with Gasteiger partial charge < -0.3 is 10.0 Å². The number of nitrogens with zero attached hydrogens (tertiary/aromatic N) is 5. The van der Waals surface area contributed by atoms with E-state index in [-0.39, 0.29) is 12.0 Å². The third-order valence-corrected chi connectivity index (χ3v) is 4.07. The van der Waals surface area contributed by atoms with Gasteiger partial charge in [-0.2, -0.15) is 0 Å². The monoisotopic (exact) mass is 351 g/mol. The van der Waals surface area contributed by atoms with Crippen molar-refractivity contribution in [3.05, 3.63) is 35.0 Å². The lowest BCUT2D eigenvalue weighted by Gasteiger charge is -2.29. The van der Waals surface area contributed by atoms with E-state index in [2.05, 4.69) is 31.1 Å². The molecule has 0 bridgehead atoms. The number of hydrogen-bond acceptors (Lipinski definition) is 5. The molecule has 0 spiro atoms. The molecule has 0 aliphatic carbocycles. The molecule has 1 aliphatic rings. The van der Waals surface area contributed by atoms with E-state index < -0.39 is 0 Å². The molecule has 7 nitrogen and oxygen atoms in total. The molecule has 1 amide bonds. The van der Waals surface area contributed by atoms with Gasteiger partial charge in [-0.15, -0.1) is 10.2 Å². The third-order valence-electron chi connectivity index (χ3n) is 3.48. The van der Waals surface area contributed by atoms with Gasteiger partial charge in [-0.3, -0.25) is 9.36 Å². The van der Waals surface area contributed by atoms with Crippen LogP contribution in [0.25, 0.3) is 5.82 Å². The fourth-order valence-electron chi connectivity index (χ4n) is 2.30.